The van der Waals surface area contributed by atoms with Gasteiger partial charge in [-0.05, 0) is 44.9 Å². The Morgan fingerprint density at radius 1 is 0.648 bits per heavy atom. The van der Waals surface area contributed by atoms with Gasteiger partial charge in [0.1, 0.15) is 13.2 Å². The van der Waals surface area contributed by atoms with Crippen molar-refractivity contribution in [3.63, 3.8) is 0 Å². The second-order valence-corrected chi connectivity index (χ2v) is 18.2. The highest BCUT2D eigenvalue weighted by Crippen LogP contribution is 2.38. The molecule has 2 N–H and O–H groups in total. The summed E-state index contributed by atoms with van der Waals surface area (Å²) in [4.78, 5) is 25.3. The molecule has 0 aromatic carbocycles. The normalized spacial score (nSPS) is 14.6. The van der Waals surface area contributed by atoms with E-state index >= 15 is 0 Å². The highest BCUT2D eigenvalue weighted by atomic mass is 31.2. The number of aliphatic hydroxyl groups excluding tert-OH is 1. The van der Waals surface area contributed by atoms with Crippen LogP contribution in [-0.4, -0.2) is 68.5 Å². The Kier molecular flexibility index (Phi) is 36.8. The largest absolute Gasteiger partial charge is 0.756 e. The minimum Gasteiger partial charge on any atom is -0.756 e. The number of likely N-dealkylation sites (N-methyl/N-ethyl adjacent to an activating group) is 1. The molecule has 0 fully saturated rings. The quantitative estimate of drug-likeness (QED) is 0.0277. The third-order valence-corrected chi connectivity index (χ3v) is 11.2. The molecule has 0 rings (SSSR count). The molecule has 0 saturated heterocycles. The van der Waals surface area contributed by atoms with Crippen molar-refractivity contribution in [3.05, 3.63) is 24.3 Å². The summed E-state index contributed by atoms with van der Waals surface area (Å²) in [5, 5.41) is 13.9. The van der Waals surface area contributed by atoms with Crippen LogP contribution in [0.1, 0.15) is 206 Å². The molecule has 0 aromatic heterocycles. The number of aliphatic hydroxyl groups is 1. The van der Waals surface area contributed by atoms with E-state index in [0.29, 0.717) is 23.9 Å². The average molecular weight is 785 g/mol. The number of hydrogen-bond acceptors (Lipinski definition) is 6. The standard InChI is InChI=1S/C45H89N2O6P/c1-6-8-10-12-14-16-18-20-22-23-24-25-27-29-31-33-35-37-39-45(49)46-43(42-53-54(50,51)52-41-40-47(3,4)5)44(48)38-36-34-32-30-28-26-21-19-17-15-13-11-9-7-2/h16,18,22-23,43-44,48H,6-15,17,19-21,24-42H2,1-5H3,(H-,46,49,50,51)/b18-16-,23-22-. The number of allylic oxidation sites excluding steroid dienone is 4. The highest BCUT2D eigenvalue weighted by Gasteiger charge is 2.24. The smallest absolute Gasteiger partial charge is 0.268 e. The first kappa shape index (κ1) is 53.0. The first-order valence-corrected chi connectivity index (χ1v) is 24.1. The number of nitrogens with zero attached hydrogens (tertiary/aromatic N) is 1. The Morgan fingerprint density at radius 3 is 1.56 bits per heavy atom. The van der Waals surface area contributed by atoms with E-state index in [0.717, 1.165) is 51.4 Å². The van der Waals surface area contributed by atoms with Crippen molar-refractivity contribution < 1.29 is 32.9 Å². The fraction of sp³-hybridized carbons (Fsp3) is 0.889. The van der Waals surface area contributed by atoms with E-state index in [2.05, 4.69) is 43.5 Å². The van der Waals surface area contributed by atoms with Crippen molar-refractivity contribution in [2.45, 2.75) is 219 Å². The summed E-state index contributed by atoms with van der Waals surface area (Å²) in [6.07, 6.45) is 43.1. The number of quaternary nitrogens is 1. The van der Waals surface area contributed by atoms with Crippen molar-refractivity contribution in [2.24, 2.45) is 0 Å². The van der Waals surface area contributed by atoms with Crippen LogP contribution in [0.5, 0.6) is 0 Å². The van der Waals surface area contributed by atoms with Gasteiger partial charge in [-0.25, -0.2) is 0 Å². The van der Waals surface area contributed by atoms with Gasteiger partial charge in [0.2, 0.25) is 5.91 Å². The number of carbonyl (C=O) groups is 1. The lowest BCUT2D eigenvalue weighted by atomic mass is 10.0. The molecular formula is C45H89N2O6P. The van der Waals surface area contributed by atoms with Gasteiger partial charge < -0.3 is 28.8 Å². The van der Waals surface area contributed by atoms with E-state index in [1.165, 1.54) is 128 Å². The number of phosphoric ester groups is 1. The van der Waals surface area contributed by atoms with Gasteiger partial charge in [0.05, 0.1) is 39.9 Å². The molecule has 1 amide bonds. The number of carbonyl (C=O) groups excluding carboxylic acids is 1. The van der Waals surface area contributed by atoms with E-state index < -0.39 is 20.0 Å². The van der Waals surface area contributed by atoms with Gasteiger partial charge in [-0.3, -0.25) is 9.36 Å². The van der Waals surface area contributed by atoms with Crippen molar-refractivity contribution in [2.75, 3.05) is 40.9 Å². The van der Waals surface area contributed by atoms with Gasteiger partial charge in [0.15, 0.2) is 0 Å². The van der Waals surface area contributed by atoms with Gasteiger partial charge >= 0.3 is 0 Å². The Bertz CT molecular complexity index is 938. The van der Waals surface area contributed by atoms with Crippen LogP contribution in [0.2, 0.25) is 0 Å². The predicted molar refractivity (Wildman–Crippen MR) is 228 cm³/mol. The van der Waals surface area contributed by atoms with Crippen LogP contribution < -0.4 is 10.2 Å². The van der Waals surface area contributed by atoms with Crippen molar-refractivity contribution >= 4 is 13.7 Å². The minimum atomic E-state index is -4.56. The van der Waals surface area contributed by atoms with Crippen LogP contribution in [0, 0.1) is 0 Å². The number of nitrogens with one attached hydrogen (secondary N) is 1. The average Bonchev–Trinajstić information content (AvgIpc) is 3.12. The molecule has 54 heavy (non-hydrogen) atoms. The van der Waals surface area contributed by atoms with Crippen LogP contribution in [0.4, 0.5) is 0 Å². The molecule has 0 aromatic rings. The van der Waals surface area contributed by atoms with E-state index in [-0.39, 0.29) is 19.1 Å². The zero-order valence-corrected chi connectivity index (χ0v) is 37.1. The van der Waals surface area contributed by atoms with E-state index in [4.69, 9.17) is 9.05 Å². The lowest BCUT2D eigenvalue weighted by Crippen LogP contribution is -2.46. The molecule has 0 heterocycles. The molecule has 0 aliphatic heterocycles. The number of rotatable bonds is 41. The van der Waals surface area contributed by atoms with Gasteiger partial charge in [0.25, 0.3) is 7.82 Å². The zero-order chi connectivity index (χ0) is 40.0. The van der Waals surface area contributed by atoms with Gasteiger partial charge in [-0.15, -0.1) is 0 Å². The Morgan fingerprint density at radius 2 is 1.07 bits per heavy atom. The Labute approximate surface area is 334 Å². The second-order valence-electron chi connectivity index (χ2n) is 16.8. The summed E-state index contributed by atoms with van der Waals surface area (Å²) in [6.45, 7) is 4.70. The molecule has 0 bridgehead atoms. The zero-order valence-electron chi connectivity index (χ0n) is 36.2. The Hall–Kier alpha value is -1.02. The number of phosphoric acid groups is 1. The van der Waals surface area contributed by atoms with Crippen molar-refractivity contribution in [1.82, 2.24) is 5.32 Å². The maximum absolute atomic E-state index is 12.9. The predicted octanol–water partition coefficient (Wildman–Crippen LogP) is 11.9. The molecule has 0 saturated carbocycles. The SMILES string of the molecule is CCCCCC/C=C\C/C=C\CCCCCCCCCC(=O)NC(COP(=O)([O-])OCC[N+](C)(C)C)C(O)CCCCCCCCCCCCCCCC. The molecular weight excluding hydrogens is 695 g/mol. The maximum atomic E-state index is 12.9. The lowest BCUT2D eigenvalue weighted by Gasteiger charge is -2.30. The van der Waals surface area contributed by atoms with E-state index in [1.807, 2.05) is 21.1 Å². The number of unbranched alkanes of at least 4 members (excludes halogenated alkanes) is 24. The summed E-state index contributed by atoms with van der Waals surface area (Å²) in [5.41, 5.74) is 0. The summed E-state index contributed by atoms with van der Waals surface area (Å²) in [6, 6.07) is -0.802. The first-order chi connectivity index (χ1) is 26.0. The Balaban J connectivity index is 4.36. The van der Waals surface area contributed by atoms with Crippen LogP contribution >= 0.6 is 7.82 Å². The van der Waals surface area contributed by atoms with Crippen molar-refractivity contribution in [3.8, 4) is 0 Å². The van der Waals surface area contributed by atoms with Crippen molar-refractivity contribution in [1.29, 1.82) is 0 Å². The third-order valence-electron chi connectivity index (χ3n) is 10.2. The highest BCUT2D eigenvalue weighted by molar-refractivity contribution is 7.45. The number of hydrogen-bond donors (Lipinski definition) is 2. The monoisotopic (exact) mass is 785 g/mol. The van der Waals surface area contributed by atoms with Gasteiger partial charge in [0, 0.05) is 6.42 Å². The van der Waals surface area contributed by atoms with Gasteiger partial charge in [-0.1, -0.05) is 179 Å². The molecule has 3 atom stereocenters. The summed E-state index contributed by atoms with van der Waals surface area (Å²) >= 11 is 0. The van der Waals surface area contributed by atoms with Crippen LogP contribution in [-0.2, 0) is 18.4 Å². The van der Waals surface area contributed by atoms with Crippen LogP contribution in [0.15, 0.2) is 24.3 Å². The van der Waals surface area contributed by atoms with E-state index in [9.17, 15) is 19.4 Å². The number of amides is 1. The fourth-order valence-corrected chi connectivity index (χ4v) is 7.26. The maximum Gasteiger partial charge on any atom is 0.268 e. The topological polar surface area (TPSA) is 108 Å². The van der Waals surface area contributed by atoms with Crippen LogP contribution in [0.25, 0.3) is 0 Å². The molecule has 0 aliphatic rings. The van der Waals surface area contributed by atoms with Gasteiger partial charge in [-0.2, -0.15) is 0 Å². The molecule has 0 aliphatic carbocycles. The summed E-state index contributed by atoms with van der Waals surface area (Å²) in [5.74, 6) is -0.173. The van der Waals surface area contributed by atoms with Crippen LogP contribution in [0.3, 0.4) is 0 Å². The molecule has 9 heteroatoms. The molecule has 8 nitrogen and oxygen atoms in total. The molecule has 3 unspecified atom stereocenters. The van der Waals surface area contributed by atoms with E-state index in [1.54, 1.807) is 0 Å². The summed E-state index contributed by atoms with van der Waals surface area (Å²) in [7, 11) is 1.30. The minimum absolute atomic E-state index is 0.0110. The molecule has 0 spiro atoms. The summed E-state index contributed by atoms with van der Waals surface area (Å²) < 4.78 is 23.3. The molecule has 320 valence electrons. The lowest BCUT2D eigenvalue weighted by molar-refractivity contribution is -0.870. The molecule has 0 radical (unpaired) electrons. The second kappa shape index (κ2) is 37.6. The third kappa shape index (κ3) is 39.2. The fourth-order valence-electron chi connectivity index (χ4n) is 6.54. The first-order valence-electron chi connectivity index (χ1n) is 22.7.